The fourth-order valence-electron chi connectivity index (χ4n) is 2.42. The summed E-state index contributed by atoms with van der Waals surface area (Å²) in [7, 11) is 0. The van der Waals surface area contributed by atoms with E-state index in [0.29, 0.717) is 11.6 Å². The molecule has 4 aromatic rings. The van der Waals surface area contributed by atoms with Gasteiger partial charge < -0.3 is 5.73 Å². The van der Waals surface area contributed by atoms with E-state index in [1.165, 1.54) is 0 Å². The minimum Gasteiger partial charge on any atom is -0.382 e. The number of nitrogens with two attached hydrogens (primary N) is 1. The Morgan fingerprint density at radius 3 is 2.50 bits per heavy atom. The molecule has 3 heterocycles. The first-order chi connectivity index (χ1) is 10.8. The zero-order chi connectivity index (χ0) is 14.9. The van der Waals surface area contributed by atoms with Crippen LogP contribution in [0.1, 0.15) is 0 Å². The van der Waals surface area contributed by atoms with Gasteiger partial charge in [0.1, 0.15) is 5.52 Å². The molecule has 3 aromatic heterocycles. The van der Waals surface area contributed by atoms with Crippen molar-refractivity contribution in [2.75, 3.05) is 5.73 Å². The molecule has 0 aliphatic heterocycles. The third-order valence-electron chi connectivity index (χ3n) is 3.52. The zero-order valence-electron chi connectivity index (χ0n) is 11.7. The number of benzene rings is 1. The van der Waals surface area contributed by atoms with Gasteiger partial charge in [0.2, 0.25) is 0 Å². The van der Waals surface area contributed by atoms with Crippen molar-refractivity contribution in [3.63, 3.8) is 0 Å². The molecule has 0 aliphatic rings. The van der Waals surface area contributed by atoms with E-state index in [2.05, 4.69) is 15.1 Å². The lowest BCUT2D eigenvalue weighted by Gasteiger charge is -2.03. The number of fused-ring (bicyclic) bond motifs is 1. The van der Waals surface area contributed by atoms with Crippen LogP contribution in [0.3, 0.4) is 0 Å². The summed E-state index contributed by atoms with van der Waals surface area (Å²) in [6.45, 7) is 0. The van der Waals surface area contributed by atoms with Crippen molar-refractivity contribution in [3.8, 4) is 22.5 Å². The number of aromatic nitrogens is 4. The predicted molar refractivity (Wildman–Crippen MR) is 86.1 cm³/mol. The Bertz CT molecular complexity index is 929. The van der Waals surface area contributed by atoms with E-state index >= 15 is 0 Å². The molecule has 0 spiro atoms. The first kappa shape index (κ1) is 12.5. The second-order valence-electron chi connectivity index (χ2n) is 4.99. The van der Waals surface area contributed by atoms with Crippen LogP contribution in [0.5, 0.6) is 0 Å². The Kier molecular flexibility index (Phi) is 2.83. The van der Waals surface area contributed by atoms with Gasteiger partial charge in [0.15, 0.2) is 11.6 Å². The van der Waals surface area contributed by atoms with Crippen LogP contribution in [0.25, 0.3) is 28.0 Å². The number of hydrogen-bond donors (Lipinski definition) is 1. The molecule has 1 aromatic carbocycles. The summed E-state index contributed by atoms with van der Waals surface area (Å²) in [5, 5.41) is 4.56. The van der Waals surface area contributed by atoms with Crippen LogP contribution in [0, 0.1) is 0 Å². The molecule has 0 unspecified atom stereocenters. The van der Waals surface area contributed by atoms with Crippen molar-refractivity contribution in [2.45, 2.75) is 0 Å². The van der Waals surface area contributed by atoms with E-state index < -0.39 is 0 Å². The SMILES string of the molecule is Nc1nc(-c2ccccc2)nn2cc(-c3cccnc3)cc12. The van der Waals surface area contributed by atoms with Crippen molar-refractivity contribution >= 4 is 11.3 Å². The molecule has 0 aliphatic carbocycles. The number of anilines is 1. The molecule has 106 valence electrons. The Morgan fingerprint density at radius 2 is 1.73 bits per heavy atom. The van der Waals surface area contributed by atoms with E-state index in [1.54, 1.807) is 10.7 Å². The van der Waals surface area contributed by atoms with E-state index in [4.69, 9.17) is 5.73 Å². The average molecular weight is 287 g/mol. The van der Waals surface area contributed by atoms with E-state index in [-0.39, 0.29) is 0 Å². The summed E-state index contributed by atoms with van der Waals surface area (Å²) < 4.78 is 1.77. The Morgan fingerprint density at radius 1 is 0.909 bits per heavy atom. The maximum atomic E-state index is 6.10. The molecule has 22 heavy (non-hydrogen) atoms. The summed E-state index contributed by atoms with van der Waals surface area (Å²) in [4.78, 5) is 8.55. The first-order valence-corrected chi connectivity index (χ1v) is 6.93. The van der Waals surface area contributed by atoms with Gasteiger partial charge >= 0.3 is 0 Å². The van der Waals surface area contributed by atoms with Crippen LogP contribution in [-0.2, 0) is 0 Å². The van der Waals surface area contributed by atoms with Crippen molar-refractivity contribution in [2.24, 2.45) is 0 Å². The number of pyridine rings is 1. The summed E-state index contributed by atoms with van der Waals surface area (Å²) in [5.74, 6) is 1.07. The minimum absolute atomic E-state index is 0.462. The second-order valence-corrected chi connectivity index (χ2v) is 4.99. The maximum Gasteiger partial charge on any atom is 0.182 e. The lowest BCUT2D eigenvalue weighted by Crippen LogP contribution is -2.02. The smallest absolute Gasteiger partial charge is 0.182 e. The molecular formula is C17H13N5. The van der Waals surface area contributed by atoms with Crippen molar-refractivity contribution < 1.29 is 0 Å². The average Bonchev–Trinajstić information content (AvgIpc) is 3.01. The monoisotopic (exact) mass is 287 g/mol. The van der Waals surface area contributed by atoms with Gasteiger partial charge in [-0.25, -0.2) is 9.50 Å². The molecule has 0 radical (unpaired) electrons. The first-order valence-electron chi connectivity index (χ1n) is 6.93. The molecule has 0 amide bonds. The lowest BCUT2D eigenvalue weighted by atomic mass is 10.1. The van der Waals surface area contributed by atoms with Gasteiger partial charge in [0, 0.05) is 35.3 Å². The van der Waals surface area contributed by atoms with Gasteiger partial charge in [-0.1, -0.05) is 36.4 Å². The molecule has 5 heteroatoms. The standard InChI is InChI=1S/C17H13N5/c18-16-15-9-14(13-7-4-8-19-10-13)11-22(15)21-17(20-16)12-5-2-1-3-6-12/h1-11H,(H2,18,20,21). The van der Waals surface area contributed by atoms with Crippen molar-refractivity contribution in [1.82, 2.24) is 19.6 Å². The van der Waals surface area contributed by atoms with Crippen molar-refractivity contribution in [3.05, 3.63) is 67.1 Å². The highest BCUT2D eigenvalue weighted by Gasteiger charge is 2.10. The van der Waals surface area contributed by atoms with Gasteiger partial charge in [0.25, 0.3) is 0 Å². The fraction of sp³-hybridized carbons (Fsp3) is 0. The zero-order valence-corrected chi connectivity index (χ0v) is 11.7. The predicted octanol–water partition coefficient (Wildman–Crippen LogP) is 3.04. The van der Waals surface area contributed by atoms with Crippen LogP contribution in [0.4, 0.5) is 5.82 Å². The van der Waals surface area contributed by atoms with E-state index in [1.807, 2.05) is 60.9 Å². The molecule has 0 bridgehead atoms. The van der Waals surface area contributed by atoms with Gasteiger partial charge in [-0.3, -0.25) is 4.98 Å². The number of rotatable bonds is 2. The number of nitrogens with zero attached hydrogens (tertiary/aromatic N) is 4. The largest absolute Gasteiger partial charge is 0.382 e. The molecule has 0 atom stereocenters. The Balaban J connectivity index is 1.88. The highest BCUT2D eigenvalue weighted by Crippen LogP contribution is 2.25. The molecule has 5 nitrogen and oxygen atoms in total. The maximum absolute atomic E-state index is 6.10. The fourth-order valence-corrected chi connectivity index (χ4v) is 2.42. The highest BCUT2D eigenvalue weighted by atomic mass is 15.3. The highest BCUT2D eigenvalue weighted by molar-refractivity contribution is 5.76. The van der Waals surface area contributed by atoms with E-state index in [0.717, 1.165) is 22.2 Å². The molecule has 4 rings (SSSR count). The van der Waals surface area contributed by atoms with Crippen LogP contribution in [-0.4, -0.2) is 19.6 Å². The van der Waals surface area contributed by atoms with E-state index in [9.17, 15) is 0 Å². The summed E-state index contributed by atoms with van der Waals surface area (Å²) >= 11 is 0. The number of nitrogen functional groups attached to an aromatic ring is 1. The van der Waals surface area contributed by atoms with Crippen molar-refractivity contribution in [1.29, 1.82) is 0 Å². The summed E-state index contributed by atoms with van der Waals surface area (Å²) in [5.41, 5.74) is 9.86. The van der Waals surface area contributed by atoms with Crippen LogP contribution < -0.4 is 5.73 Å². The van der Waals surface area contributed by atoms with Gasteiger partial charge in [-0.05, 0) is 12.1 Å². The van der Waals surface area contributed by atoms with Gasteiger partial charge in [0.05, 0.1) is 0 Å². The normalized spacial score (nSPS) is 10.9. The molecule has 2 N–H and O–H groups in total. The Labute approximate surface area is 127 Å². The minimum atomic E-state index is 0.462. The molecule has 0 fully saturated rings. The third-order valence-corrected chi connectivity index (χ3v) is 3.52. The second kappa shape index (κ2) is 4.96. The lowest BCUT2D eigenvalue weighted by molar-refractivity contribution is 0.918. The Hall–Kier alpha value is -3.21. The number of hydrogen-bond acceptors (Lipinski definition) is 4. The quantitative estimate of drug-likeness (QED) is 0.615. The molecule has 0 saturated heterocycles. The third kappa shape index (κ3) is 2.09. The van der Waals surface area contributed by atoms with Crippen LogP contribution >= 0.6 is 0 Å². The molecular weight excluding hydrogens is 274 g/mol. The summed E-state index contributed by atoms with van der Waals surface area (Å²) in [6.07, 6.45) is 5.51. The van der Waals surface area contributed by atoms with Gasteiger partial charge in [-0.2, -0.15) is 0 Å². The topological polar surface area (TPSA) is 69.1 Å². The van der Waals surface area contributed by atoms with Crippen LogP contribution in [0.15, 0.2) is 67.1 Å². The van der Waals surface area contributed by atoms with Gasteiger partial charge in [-0.15, -0.1) is 5.10 Å². The molecule has 0 saturated carbocycles. The van der Waals surface area contributed by atoms with Crippen LogP contribution in [0.2, 0.25) is 0 Å². The summed E-state index contributed by atoms with van der Waals surface area (Å²) in [6, 6.07) is 15.7.